The standard InChI is InChI=1S/C4H9NO3.C3H7NO2S/c1-2(6)3(5)4(7)8;4-2(1-7)3(5)6/h2-3,6H,5H2,1H3,(H,7,8);2,7H,1,4H2,(H,5,6)/t2-,3+;2-/m10/s1. The Labute approximate surface area is 92.5 Å². The average Bonchev–Trinajstić information content (AvgIpc) is 2.15. The van der Waals surface area contributed by atoms with Crippen molar-refractivity contribution in [3.05, 3.63) is 0 Å². The van der Waals surface area contributed by atoms with E-state index in [9.17, 15) is 9.59 Å². The molecule has 0 aliphatic rings. The first-order chi connectivity index (χ1) is 6.73. The summed E-state index contributed by atoms with van der Waals surface area (Å²) in [5.74, 6) is -2.00. The minimum absolute atomic E-state index is 0.190. The minimum atomic E-state index is -1.18. The number of carbonyl (C=O) groups is 2. The van der Waals surface area contributed by atoms with Crippen molar-refractivity contribution in [3.63, 3.8) is 0 Å². The Kier molecular flexibility index (Phi) is 9.38. The van der Waals surface area contributed by atoms with Gasteiger partial charge in [-0.15, -0.1) is 0 Å². The first-order valence-electron chi connectivity index (χ1n) is 3.99. The predicted molar refractivity (Wildman–Crippen MR) is 56.8 cm³/mol. The highest BCUT2D eigenvalue weighted by atomic mass is 32.1. The van der Waals surface area contributed by atoms with Crippen molar-refractivity contribution in [1.82, 2.24) is 0 Å². The maximum atomic E-state index is 9.86. The summed E-state index contributed by atoms with van der Waals surface area (Å²) in [6.45, 7) is 1.33. The molecule has 0 aromatic rings. The fraction of sp³-hybridized carbons (Fsp3) is 0.714. The van der Waals surface area contributed by atoms with Gasteiger partial charge >= 0.3 is 11.9 Å². The number of carboxylic acid groups (broad SMARTS) is 2. The summed E-state index contributed by atoms with van der Waals surface area (Å²) < 4.78 is 0. The molecule has 0 heterocycles. The summed E-state index contributed by atoms with van der Waals surface area (Å²) in [6.07, 6.45) is -0.979. The van der Waals surface area contributed by atoms with E-state index >= 15 is 0 Å². The van der Waals surface area contributed by atoms with E-state index in [1.807, 2.05) is 0 Å². The summed E-state index contributed by atoms with van der Waals surface area (Å²) in [7, 11) is 0. The normalized spacial score (nSPS) is 15.5. The molecule has 0 unspecified atom stereocenters. The van der Waals surface area contributed by atoms with Crippen molar-refractivity contribution in [2.24, 2.45) is 11.5 Å². The number of aliphatic hydroxyl groups is 1. The van der Waals surface area contributed by atoms with Crippen LogP contribution in [0.15, 0.2) is 0 Å². The van der Waals surface area contributed by atoms with Crippen LogP contribution in [0, 0.1) is 0 Å². The van der Waals surface area contributed by atoms with Crippen molar-refractivity contribution >= 4 is 24.6 Å². The van der Waals surface area contributed by atoms with Crippen LogP contribution in [0.5, 0.6) is 0 Å². The van der Waals surface area contributed by atoms with E-state index in [0.717, 1.165) is 0 Å². The molecule has 7 N–H and O–H groups in total. The highest BCUT2D eigenvalue weighted by Gasteiger charge is 2.16. The molecule has 0 aliphatic heterocycles. The van der Waals surface area contributed by atoms with Crippen LogP contribution in [0.3, 0.4) is 0 Å². The zero-order valence-corrected chi connectivity index (χ0v) is 9.09. The van der Waals surface area contributed by atoms with E-state index in [1.165, 1.54) is 6.92 Å². The van der Waals surface area contributed by atoms with Gasteiger partial charge in [-0.05, 0) is 6.92 Å². The van der Waals surface area contributed by atoms with Crippen LogP contribution >= 0.6 is 12.6 Å². The van der Waals surface area contributed by atoms with Gasteiger partial charge in [0, 0.05) is 5.75 Å². The molecule has 90 valence electrons. The second-order valence-corrected chi connectivity index (χ2v) is 3.10. The third kappa shape index (κ3) is 9.47. The van der Waals surface area contributed by atoms with E-state index in [4.69, 9.17) is 26.8 Å². The molecule has 7 nitrogen and oxygen atoms in total. The molecule has 0 rings (SSSR count). The predicted octanol–water partition coefficient (Wildman–Crippen LogP) is -1.89. The van der Waals surface area contributed by atoms with E-state index in [2.05, 4.69) is 12.6 Å². The molecule has 0 aromatic carbocycles. The number of aliphatic hydroxyl groups excluding tert-OH is 1. The van der Waals surface area contributed by atoms with Crippen LogP contribution in [-0.4, -0.2) is 51.2 Å². The molecule has 0 amide bonds. The zero-order valence-electron chi connectivity index (χ0n) is 8.20. The summed E-state index contributed by atoms with van der Waals surface area (Å²) in [4.78, 5) is 19.6. The minimum Gasteiger partial charge on any atom is -0.480 e. The van der Waals surface area contributed by atoms with Crippen LogP contribution in [-0.2, 0) is 9.59 Å². The average molecular weight is 240 g/mol. The number of carboxylic acids is 2. The lowest BCUT2D eigenvalue weighted by molar-refractivity contribution is -0.141. The van der Waals surface area contributed by atoms with E-state index < -0.39 is 30.1 Å². The molecule has 15 heavy (non-hydrogen) atoms. The van der Waals surface area contributed by atoms with Gasteiger partial charge in [0.15, 0.2) is 0 Å². The highest BCUT2D eigenvalue weighted by Crippen LogP contribution is 1.85. The summed E-state index contributed by atoms with van der Waals surface area (Å²) in [5.41, 5.74) is 9.85. The maximum Gasteiger partial charge on any atom is 0.323 e. The van der Waals surface area contributed by atoms with Crippen molar-refractivity contribution in [1.29, 1.82) is 0 Å². The Bertz CT molecular complexity index is 212. The van der Waals surface area contributed by atoms with Crippen molar-refractivity contribution in [2.45, 2.75) is 25.1 Å². The third-order valence-electron chi connectivity index (χ3n) is 1.32. The molecule has 0 aliphatic carbocycles. The maximum absolute atomic E-state index is 9.86. The number of nitrogens with two attached hydrogens (primary N) is 2. The molecule has 0 saturated heterocycles. The molecule has 0 aromatic heterocycles. The molecular weight excluding hydrogens is 224 g/mol. The van der Waals surface area contributed by atoms with Gasteiger partial charge < -0.3 is 26.8 Å². The fourth-order valence-corrected chi connectivity index (χ4v) is 0.441. The van der Waals surface area contributed by atoms with E-state index in [0.29, 0.717) is 0 Å². The van der Waals surface area contributed by atoms with Gasteiger partial charge in [0.2, 0.25) is 0 Å². The molecule has 0 radical (unpaired) electrons. The van der Waals surface area contributed by atoms with Gasteiger partial charge in [-0.3, -0.25) is 9.59 Å². The van der Waals surface area contributed by atoms with Gasteiger partial charge in [0.1, 0.15) is 12.1 Å². The first-order valence-corrected chi connectivity index (χ1v) is 4.63. The van der Waals surface area contributed by atoms with Crippen LogP contribution in [0.1, 0.15) is 6.92 Å². The van der Waals surface area contributed by atoms with Gasteiger partial charge in [0.25, 0.3) is 0 Å². The highest BCUT2D eigenvalue weighted by molar-refractivity contribution is 7.80. The fourth-order valence-electron chi connectivity index (χ4n) is 0.284. The smallest absolute Gasteiger partial charge is 0.323 e. The molecule has 0 spiro atoms. The Morgan fingerprint density at radius 3 is 1.67 bits per heavy atom. The summed E-state index contributed by atoms with van der Waals surface area (Å²) in [5, 5.41) is 24.6. The van der Waals surface area contributed by atoms with Gasteiger partial charge in [-0.2, -0.15) is 12.6 Å². The number of rotatable bonds is 4. The first kappa shape index (κ1) is 16.6. The largest absolute Gasteiger partial charge is 0.480 e. The topological polar surface area (TPSA) is 147 Å². The van der Waals surface area contributed by atoms with Gasteiger partial charge in [-0.25, -0.2) is 0 Å². The summed E-state index contributed by atoms with van der Waals surface area (Å²) in [6, 6.07) is -1.97. The molecule has 0 saturated carbocycles. The number of hydrogen-bond donors (Lipinski definition) is 6. The lowest BCUT2D eigenvalue weighted by Gasteiger charge is -2.06. The zero-order chi connectivity index (χ0) is 12.6. The number of thiol groups is 1. The van der Waals surface area contributed by atoms with E-state index in [1.54, 1.807) is 0 Å². The summed E-state index contributed by atoms with van der Waals surface area (Å²) >= 11 is 3.65. The van der Waals surface area contributed by atoms with Crippen molar-refractivity contribution in [3.8, 4) is 0 Å². The van der Waals surface area contributed by atoms with Gasteiger partial charge in [-0.1, -0.05) is 0 Å². The molecule has 0 bridgehead atoms. The van der Waals surface area contributed by atoms with Crippen LogP contribution in [0.4, 0.5) is 0 Å². The number of aliphatic carboxylic acids is 2. The Balaban J connectivity index is 0. The quantitative estimate of drug-likeness (QED) is 0.315. The number of hydrogen-bond acceptors (Lipinski definition) is 6. The third-order valence-corrected chi connectivity index (χ3v) is 1.71. The molecule has 3 atom stereocenters. The lowest BCUT2D eigenvalue weighted by atomic mass is 10.2. The lowest BCUT2D eigenvalue weighted by Crippen LogP contribution is -2.39. The Morgan fingerprint density at radius 2 is 1.67 bits per heavy atom. The SMILES string of the molecule is C[C@@H](O)[C@H](N)C(=O)O.N[C@@H](CS)C(=O)O. The van der Waals surface area contributed by atoms with Crippen molar-refractivity contribution < 1.29 is 24.9 Å². The van der Waals surface area contributed by atoms with E-state index in [-0.39, 0.29) is 5.75 Å². The second kappa shape index (κ2) is 8.48. The Hall–Kier alpha value is -0.830. The molecule has 0 fully saturated rings. The monoisotopic (exact) mass is 240 g/mol. The second-order valence-electron chi connectivity index (χ2n) is 2.73. The van der Waals surface area contributed by atoms with Crippen LogP contribution in [0.25, 0.3) is 0 Å². The van der Waals surface area contributed by atoms with Gasteiger partial charge in [0.05, 0.1) is 6.10 Å². The van der Waals surface area contributed by atoms with Crippen LogP contribution < -0.4 is 11.5 Å². The molecule has 8 heteroatoms. The molecular formula is C7H16N2O5S. The van der Waals surface area contributed by atoms with Crippen LogP contribution in [0.2, 0.25) is 0 Å². The van der Waals surface area contributed by atoms with Crippen molar-refractivity contribution in [2.75, 3.05) is 5.75 Å². The Morgan fingerprint density at radius 1 is 1.27 bits per heavy atom.